The van der Waals surface area contributed by atoms with Gasteiger partial charge < -0.3 is 4.57 Å². The lowest BCUT2D eigenvalue weighted by Crippen LogP contribution is -2.29. The third-order valence-electron chi connectivity index (χ3n) is 4.08. The predicted octanol–water partition coefficient (Wildman–Crippen LogP) is 3.37. The molecule has 1 heterocycles. The number of carbonyl (C=O) groups is 1. The molecule has 0 atom stereocenters. The van der Waals surface area contributed by atoms with E-state index in [4.69, 9.17) is 0 Å². The molecule has 2 heteroatoms. The molecule has 1 aromatic rings. The van der Waals surface area contributed by atoms with Crippen molar-refractivity contribution in [1.82, 2.24) is 4.57 Å². The minimum absolute atomic E-state index is 0.143. The van der Waals surface area contributed by atoms with Crippen LogP contribution in [0, 0.1) is 5.41 Å². The quantitative estimate of drug-likeness (QED) is 0.707. The maximum atomic E-state index is 12.0. The van der Waals surface area contributed by atoms with Crippen molar-refractivity contribution in [2.24, 2.45) is 5.41 Å². The van der Waals surface area contributed by atoms with Gasteiger partial charge in [-0.05, 0) is 37.2 Å². The van der Waals surface area contributed by atoms with Gasteiger partial charge in [0.1, 0.15) is 0 Å². The topological polar surface area (TPSA) is 22.0 Å². The lowest BCUT2D eigenvalue weighted by molar-refractivity contribution is 0.0908. The normalized spacial score (nSPS) is 24.0. The molecule has 16 heavy (non-hydrogen) atoms. The van der Waals surface area contributed by atoms with Gasteiger partial charge in [0.15, 0.2) is 5.78 Å². The molecule has 2 nitrogen and oxygen atoms in total. The van der Waals surface area contributed by atoms with Gasteiger partial charge >= 0.3 is 0 Å². The first-order valence-electron chi connectivity index (χ1n) is 6.30. The predicted molar refractivity (Wildman–Crippen MR) is 63.8 cm³/mol. The smallest absolute Gasteiger partial charge is 0.165 e. The van der Waals surface area contributed by atoms with Crippen LogP contribution in [0.3, 0.4) is 0 Å². The van der Waals surface area contributed by atoms with Crippen LogP contribution in [-0.2, 0) is 6.42 Å². The molecule has 0 aromatic carbocycles. The van der Waals surface area contributed by atoms with Crippen molar-refractivity contribution in [3.8, 4) is 0 Å². The third-order valence-corrected chi connectivity index (χ3v) is 4.08. The van der Waals surface area contributed by atoms with Crippen LogP contribution in [0.5, 0.6) is 0 Å². The van der Waals surface area contributed by atoms with E-state index < -0.39 is 0 Å². The van der Waals surface area contributed by atoms with Crippen LogP contribution < -0.4 is 0 Å². The molecule has 0 N–H and O–H groups in total. The lowest BCUT2D eigenvalue weighted by atomic mass is 9.76. The van der Waals surface area contributed by atoms with E-state index in [1.165, 1.54) is 25.0 Å². The van der Waals surface area contributed by atoms with Crippen molar-refractivity contribution in [2.45, 2.75) is 52.0 Å². The molecule has 0 unspecified atom stereocenters. The fraction of sp³-hybridized carbons (Fsp3) is 0.643. The number of aromatic nitrogens is 1. The maximum absolute atomic E-state index is 12.0. The van der Waals surface area contributed by atoms with Gasteiger partial charge in [0.25, 0.3) is 0 Å². The highest BCUT2D eigenvalue weighted by molar-refractivity contribution is 5.98. The Bertz CT molecular complexity index is 438. The Morgan fingerprint density at radius 2 is 2.06 bits per heavy atom. The highest BCUT2D eigenvalue weighted by Crippen LogP contribution is 2.40. The molecule has 2 aliphatic carbocycles. The molecule has 2 aliphatic rings. The number of fused-ring (bicyclic) bond motifs is 1. The standard InChI is InChI=1S/C14H19NO/c1-14(2)8-12-11(13(16)9-14)6-7-15(12)10-4-3-5-10/h6-7,10H,3-5,8-9H2,1-2H3. The molecule has 3 rings (SSSR count). The Kier molecular flexibility index (Phi) is 2.04. The van der Waals surface area contributed by atoms with Gasteiger partial charge in [0.05, 0.1) is 0 Å². The molecular formula is C14H19NO. The van der Waals surface area contributed by atoms with E-state index in [-0.39, 0.29) is 5.41 Å². The van der Waals surface area contributed by atoms with Gasteiger partial charge in [-0.25, -0.2) is 0 Å². The molecule has 0 bridgehead atoms. The third kappa shape index (κ3) is 1.43. The lowest BCUT2D eigenvalue weighted by Gasteiger charge is -2.34. The second kappa shape index (κ2) is 3.22. The fourth-order valence-corrected chi connectivity index (χ4v) is 2.97. The number of hydrogen-bond acceptors (Lipinski definition) is 1. The van der Waals surface area contributed by atoms with Crippen LogP contribution in [0.1, 0.15) is 61.6 Å². The minimum Gasteiger partial charge on any atom is -0.348 e. The zero-order valence-corrected chi connectivity index (χ0v) is 10.1. The summed E-state index contributed by atoms with van der Waals surface area (Å²) in [6.45, 7) is 4.40. The molecule has 0 radical (unpaired) electrons. The van der Waals surface area contributed by atoms with Crippen LogP contribution in [-0.4, -0.2) is 10.4 Å². The van der Waals surface area contributed by atoms with Crippen molar-refractivity contribution < 1.29 is 4.79 Å². The van der Waals surface area contributed by atoms with Gasteiger partial charge in [0, 0.05) is 29.9 Å². The SMILES string of the molecule is CC1(C)CC(=O)c2ccn(C3CCC3)c2C1. The Balaban J connectivity index is 2.02. The highest BCUT2D eigenvalue weighted by atomic mass is 16.1. The molecule has 1 saturated carbocycles. The number of rotatable bonds is 1. The monoisotopic (exact) mass is 217 g/mol. The summed E-state index contributed by atoms with van der Waals surface area (Å²) >= 11 is 0. The first-order valence-corrected chi connectivity index (χ1v) is 6.30. The van der Waals surface area contributed by atoms with Crippen molar-refractivity contribution >= 4 is 5.78 Å². The summed E-state index contributed by atoms with van der Waals surface area (Å²) in [6, 6.07) is 2.70. The summed E-state index contributed by atoms with van der Waals surface area (Å²) in [4.78, 5) is 12.0. The van der Waals surface area contributed by atoms with E-state index in [0.29, 0.717) is 18.2 Å². The summed E-state index contributed by atoms with van der Waals surface area (Å²) in [5.74, 6) is 0.337. The summed E-state index contributed by atoms with van der Waals surface area (Å²) < 4.78 is 2.37. The minimum atomic E-state index is 0.143. The first kappa shape index (κ1) is 10.1. The fourth-order valence-electron chi connectivity index (χ4n) is 2.97. The summed E-state index contributed by atoms with van der Waals surface area (Å²) in [6.07, 6.45) is 7.81. The average molecular weight is 217 g/mol. The van der Waals surface area contributed by atoms with Gasteiger partial charge in [-0.3, -0.25) is 4.79 Å². The number of carbonyl (C=O) groups excluding carboxylic acids is 1. The molecule has 1 fully saturated rings. The van der Waals surface area contributed by atoms with Crippen LogP contribution in [0.4, 0.5) is 0 Å². The zero-order valence-electron chi connectivity index (χ0n) is 10.1. The first-order chi connectivity index (χ1) is 7.57. The van der Waals surface area contributed by atoms with E-state index >= 15 is 0 Å². The summed E-state index contributed by atoms with van der Waals surface area (Å²) in [5, 5.41) is 0. The molecular weight excluding hydrogens is 198 g/mol. The molecule has 0 aliphatic heterocycles. The maximum Gasteiger partial charge on any atom is 0.165 e. The van der Waals surface area contributed by atoms with Crippen LogP contribution in [0.2, 0.25) is 0 Å². The van der Waals surface area contributed by atoms with Gasteiger partial charge in [-0.1, -0.05) is 13.8 Å². The van der Waals surface area contributed by atoms with Gasteiger partial charge in [-0.15, -0.1) is 0 Å². The Hall–Kier alpha value is -1.05. The molecule has 1 aromatic heterocycles. The van der Waals surface area contributed by atoms with Crippen molar-refractivity contribution in [1.29, 1.82) is 0 Å². The number of ketones is 1. The van der Waals surface area contributed by atoms with E-state index in [9.17, 15) is 4.79 Å². The molecule has 86 valence electrons. The van der Waals surface area contributed by atoms with E-state index in [2.05, 4.69) is 24.6 Å². The molecule has 0 spiro atoms. The van der Waals surface area contributed by atoms with Crippen molar-refractivity contribution in [3.63, 3.8) is 0 Å². The number of nitrogens with zero attached hydrogens (tertiary/aromatic N) is 1. The van der Waals surface area contributed by atoms with E-state index in [0.717, 1.165) is 12.0 Å². The molecule has 0 amide bonds. The second-order valence-corrected chi connectivity index (χ2v) is 6.11. The Labute approximate surface area is 96.6 Å². The number of Topliss-reactive ketones (excluding diaryl/α,β-unsaturated/α-hetero) is 1. The largest absolute Gasteiger partial charge is 0.348 e. The van der Waals surface area contributed by atoms with Crippen LogP contribution in [0.15, 0.2) is 12.3 Å². The summed E-state index contributed by atoms with van der Waals surface area (Å²) in [5.41, 5.74) is 2.43. The van der Waals surface area contributed by atoms with Crippen LogP contribution >= 0.6 is 0 Å². The Morgan fingerprint density at radius 1 is 1.31 bits per heavy atom. The zero-order chi connectivity index (χ0) is 11.3. The highest BCUT2D eigenvalue weighted by Gasteiger charge is 2.34. The van der Waals surface area contributed by atoms with E-state index in [1.54, 1.807) is 0 Å². The van der Waals surface area contributed by atoms with E-state index in [1.807, 2.05) is 6.07 Å². The average Bonchev–Trinajstić information content (AvgIpc) is 2.44. The second-order valence-electron chi connectivity index (χ2n) is 6.11. The number of hydrogen-bond donors (Lipinski definition) is 0. The van der Waals surface area contributed by atoms with Crippen molar-refractivity contribution in [3.05, 3.63) is 23.5 Å². The molecule has 0 saturated heterocycles. The van der Waals surface area contributed by atoms with Gasteiger partial charge in [0.2, 0.25) is 0 Å². The van der Waals surface area contributed by atoms with Gasteiger partial charge in [-0.2, -0.15) is 0 Å². The van der Waals surface area contributed by atoms with Crippen LogP contribution in [0.25, 0.3) is 0 Å². The Morgan fingerprint density at radius 3 is 2.69 bits per heavy atom. The van der Waals surface area contributed by atoms with Crippen molar-refractivity contribution in [2.75, 3.05) is 0 Å². The summed E-state index contributed by atoms with van der Waals surface area (Å²) in [7, 11) is 0.